The van der Waals surface area contributed by atoms with Gasteiger partial charge in [0.05, 0.1) is 13.0 Å². The van der Waals surface area contributed by atoms with Crippen LogP contribution in [-0.2, 0) is 22.6 Å². The van der Waals surface area contributed by atoms with Gasteiger partial charge in [0.2, 0.25) is 17.7 Å². The van der Waals surface area contributed by atoms with Crippen molar-refractivity contribution in [2.24, 2.45) is 0 Å². The molecule has 0 spiro atoms. The number of nitrogens with zero attached hydrogens (tertiary/aromatic N) is 3. The van der Waals surface area contributed by atoms with Crippen molar-refractivity contribution in [1.29, 1.82) is 0 Å². The summed E-state index contributed by atoms with van der Waals surface area (Å²) in [6.07, 6.45) is 10.7. The molecule has 7 nitrogen and oxygen atoms in total. The lowest BCUT2D eigenvalue weighted by Gasteiger charge is -2.23. The first-order valence-corrected chi connectivity index (χ1v) is 9.59. The van der Waals surface area contributed by atoms with E-state index < -0.39 is 0 Å². The van der Waals surface area contributed by atoms with E-state index in [1.54, 1.807) is 4.90 Å². The van der Waals surface area contributed by atoms with Crippen molar-refractivity contribution in [2.45, 2.75) is 83.2 Å². The van der Waals surface area contributed by atoms with Crippen LogP contribution in [0.5, 0.6) is 0 Å². The van der Waals surface area contributed by atoms with Crippen LogP contribution in [0.3, 0.4) is 0 Å². The fraction of sp³-hybridized carbons (Fsp3) is 0.778. The summed E-state index contributed by atoms with van der Waals surface area (Å²) in [6.45, 7) is 1.08. The van der Waals surface area contributed by atoms with Crippen molar-refractivity contribution in [2.75, 3.05) is 6.54 Å². The molecule has 0 atom stereocenters. The highest BCUT2D eigenvalue weighted by Gasteiger charge is 2.20. The number of aromatic nitrogens is 2. The Hall–Kier alpha value is -1.92. The molecule has 1 aliphatic carbocycles. The van der Waals surface area contributed by atoms with Crippen LogP contribution >= 0.6 is 0 Å². The summed E-state index contributed by atoms with van der Waals surface area (Å²) < 4.78 is 5.24. The molecule has 7 heteroatoms. The van der Waals surface area contributed by atoms with Gasteiger partial charge in [0.25, 0.3) is 0 Å². The Morgan fingerprint density at radius 1 is 1.12 bits per heavy atom. The van der Waals surface area contributed by atoms with Gasteiger partial charge in [-0.05, 0) is 25.7 Å². The maximum atomic E-state index is 12.1. The third kappa shape index (κ3) is 5.54. The largest absolute Gasteiger partial charge is 0.353 e. The smallest absolute Gasteiger partial charge is 0.246 e. The molecule has 1 aliphatic heterocycles. The Morgan fingerprint density at radius 3 is 2.72 bits per heavy atom. The molecule has 1 saturated carbocycles. The Balaban J connectivity index is 1.49. The van der Waals surface area contributed by atoms with Crippen LogP contribution in [0, 0.1) is 0 Å². The Kier molecular flexibility index (Phi) is 6.42. The van der Waals surface area contributed by atoms with Gasteiger partial charge in [-0.15, -0.1) is 0 Å². The predicted molar refractivity (Wildman–Crippen MR) is 91.5 cm³/mol. The maximum absolute atomic E-state index is 12.1. The molecule has 2 amide bonds. The lowest BCUT2D eigenvalue weighted by atomic mass is 9.95. The van der Waals surface area contributed by atoms with Crippen molar-refractivity contribution < 1.29 is 14.1 Å². The lowest BCUT2D eigenvalue weighted by molar-refractivity contribution is -0.132. The highest BCUT2D eigenvalue weighted by Crippen LogP contribution is 2.17. The molecule has 2 aliphatic rings. The lowest BCUT2D eigenvalue weighted by Crippen LogP contribution is -2.37. The molecule has 1 saturated heterocycles. The molecular formula is C18H28N4O3. The highest BCUT2D eigenvalue weighted by atomic mass is 16.5. The average Bonchev–Trinajstić information content (AvgIpc) is 3.02. The SMILES string of the molecule is O=C(Cc1noc(CN2CCCCCCC2=O)n1)NC1CCCCC1. The third-order valence-electron chi connectivity index (χ3n) is 5.05. The van der Waals surface area contributed by atoms with Gasteiger partial charge in [-0.25, -0.2) is 0 Å². The Labute approximate surface area is 148 Å². The summed E-state index contributed by atoms with van der Waals surface area (Å²) in [5.74, 6) is 0.897. The summed E-state index contributed by atoms with van der Waals surface area (Å²) in [7, 11) is 0. The van der Waals surface area contributed by atoms with Crippen molar-refractivity contribution in [3.8, 4) is 0 Å². The van der Waals surface area contributed by atoms with E-state index in [2.05, 4.69) is 15.5 Å². The van der Waals surface area contributed by atoms with Crippen molar-refractivity contribution >= 4 is 11.8 Å². The van der Waals surface area contributed by atoms with Gasteiger partial charge in [-0.1, -0.05) is 37.3 Å². The van der Waals surface area contributed by atoms with E-state index in [0.29, 0.717) is 24.7 Å². The average molecular weight is 348 g/mol. The van der Waals surface area contributed by atoms with E-state index in [9.17, 15) is 9.59 Å². The van der Waals surface area contributed by atoms with Crippen molar-refractivity contribution in [3.63, 3.8) is 0 Å². The molecule has 1 aromatic rings. The van der Waals surface area contributed by atoms with Gasteiger partial charge in [-0.2, -0.15) is 4.98 Å². The van der Waals surface area contributed by atoms with Crippen LogP contribution in [-0.4, -0.2) is 39.4 Å². The van der Waals surface area contributed by atoms with Crippen LogP contribution in [0.15, 0.2) is 4.52 Å². The number of carbonyl (C=O) groups excluding carboxylic acids is 2. The highest BCUT2D eigenvalue weighted by molar-refractivity contribution is 5.78. The van der Waals surface area contributed by atoms with Gasteiger partial charge >= 0.3 is 0 Å². The number of hydrogen-bond donors (Lipinski definition) is 1. The molecule has 2 heterocycles. The molecule has 25 heavy (non-hydrogen) atoms. The standard InChI is InChI=1S/C18H28N4O3/c23-16(19-14-8-4-3-5-9-14)12-15-20-17(25-21-15)13-22-11-7-2-1-6-10-18(22)24/h14H,1-13H2,(H,19,23). The molecule has 3 rings (SSSR count). The number of hydrogen-bond acceptors (Lipinski definition) is 5. The monoisotopic (exact) mass is 348 g/mol. The molecule has 2 fully saturated rings. The van der Waals surface area contributed by atoms with Gasteiger partial charge in [0, 0.05) is 19.0 Å². The van der Waals surface area contributed by atoms with Gasteiger partial charge in [0.15, 0.2) is 5.82 Å². The first-order chi connectivity index (χ1) is 12.2. The van der Waals surface area contributed by atoms with Gasteiger partial charge < -0.3 is 14.7 Å². The van der Waals surface area contributed by atoms with E-state index in [-0.39, 0.29) is 24.3 Å². The van der Waals surface area contributed by atoms with E-state index >= 15 is 0 Å². The van der Waals surface area contributed by atoms with E-state index in [1.165, 1.54) is 19.3 Å². The van der Waals surface area contributed by atoms with Crippen LogP contribution in [0.2, 0.25) is 0 Å². The summed E-state index contributed by atoms with van der Waals surface area (Å²) >= 11 is 0. The number of carbonyl (C=O) groups is 2. The van der Waals surface area contributed by atoms with Crippen LogP contribution in [0.1, 0.15) is 75.9 Å². The predicted octanol–water partition coefficient (Wildman–Crippen LogP) is 2.35. The first kappa shape index (κ1) is 17.9. The van der Waals surface area contributed by atoms with Crippen molar-refractivity contribution in [1.82, 2.24) is 20.4 Å². The topological polar surface area (TPSA) is 88.3 Å². The molecule has 1 N–H and O–H groups in total. The molecule has 0 aromatic carbocycles. The zero-order chi connectivity index (χ0) is 17.5. The van der Waals surface area contributed by atoms with Crippen molar-refractivity contribution in [3.05, 3.63) is 11.7 Å². The maximum Gasteiger partial charge on any atom is 0.246 e. The first-order valence-electron chi connectivity index (χ1n) is 9.59. The minimum absolute atomic E-state index is 0.0541. The molecular weight excluding hydrogens is 320 g/mol. The van der Waals surface area contributed by atoms with E-state index in [4.69, 9.17) is 4.52 Å². The zero-order valence-electron chi connectivity index (χ0n) is 14.8. The molecule has 0 unspecified atom stereocenters. The molecule has 138 valence electrons. The second kappa shape index (κ2) is 8.97. The minimum Gasteiger partial charge on any atom is -0.353 e. The summed E-state index contributed by atoms with van der Waals surface area (Å²) in [6, 6.07) is 0.284. The molecule has 1 aromatic heterocycles. The minimum atomic E-state index is -0.0541. The second-order valence-corrected chi connectivity index (χ2v) is 7.16. The Bertz CT molecular complexity index is 581. The second-order valence-electron chi connectivity index (χ2n) is 7.16. The fourth-order valence-electron chi connectivity index (χ4n) is 3.64. The van der Waals surface area contributed by atoms with Crippen LogP contribution in [0.25, 0.3) is 0 Å². The number of nitrogens with one attached hydrogen (secondary N) is 1. The van der Waals surface area contributed by atoms with E-state index in [1.807, 2.05) is 0 Å². The zero-order valence-corrected chi connectivity index (χ0v) is 14.8. The fourth-order valence-corrected chi connectivity index (χ4v) is 3.64. The normalized spacial score (nSPS) is 20.2. The summed E-state index contributed by atoms with van der Waals surface area (Å²) in [5.41, 5.74) is 0. The quantitative estimate of drug-likeness (QED) is 0.882. The number of amides is 2. The summed E-state index contributed by atoms with van der Waals surface area (Å²) in [4.78, 5) is 30.4. The summed E-state index contributed by atoms with van der Waals surface area (Å²) in [5, 5.41) is 6.95. The number of rotatable bonds is 5. The molecule has 0 radical (unpaired) electrons. The van der Waals surface area contributed by atoms with E-state index in [0.717, 1.165) is 45.1 Å². The van der Waals surface area contributed by atoms with Gasteiger partial charge in [0.1, 0.15) is 0 Å². The van der Waals surface area contributed by atoms with Gasteiger partial charge in [-0.3, -0.25) is 9.59 Å². The van der Waals surface area contributed by atoms with Crippen LogP contribution < -0.4 is 5.32 Å². The Morgan fingerprint density at radius 2 is 1.88 bits per heavy atom. The van der Waals surface area contributed by atoms with Crippen LogP contribution in [0.4, 0.5) is 0 Å². The molecule has 0 bridgehead atoms. The number of likely N-dealkylation sites (tertiary alicyclic amines) is 1. The third-order valence-corrected chi connectivity index (χ3v) is 5.05.